The molecule has 0 bridgehead atoms. The molecule has 17 heavy (non-hydrogen) atoms. The number of cyclic esters (lactones) is 1. The number of nitrogens with zero attached hydrogens (tertiary/aromatic N) is 1. The maximum Gasteiger partial charge on any atom is 0.410 e. The number of hydrogen-bond donors (Lipinski definition) is 1. The van der Waals surface area contributed by atoms with E-state index < -0.39 is 12.1 Å². The smallest absolute Gasteiger partial charge is 0.410 e. The van der Waals surface area contributed by atoms with Crippen LogP contribution in [0.15, 0.2) is 0 Å². The number of ether oxygens (including phenoxy) is 1. The second-order valence-corrected chi connectivity index (χ2v) is 4.44. The molecule has 1 unspecified atom stereocenters. The molecule has 2 amide bonds. The second kappa shape index (κ2) is 5.65. The minimum absolute atomic E-state index is 0.0296. The molecule has 0 aromatic carbocycles. The minimum atomic E-state index is -0.499. The lowest BCUT2D eigenvalue weighted by molar-refractivity contribution is -0.128. The normalized spacial score (nSPS) is 16.9. The van der Waals surface area contributed by atoms with Gasteiger partial charge in [-0.2, -0.15) is 0 Å². The predicted molar refractivity (Wildman–Crippen MR) is 60.4 cm³/mol. The van der Waals surface area contributed by atoms with Gasteiger partial charge in [0.1, 0.15) is 13.2 Å². The minimum Gasteiger partial charge on any atom is -0.448 e. The molecule has 6 heteroatoms. The molecule has 1 N–H and O–H groups in total. The van der Waals surface area contributed by atoms with Gasteiger partial charge in [-0.3, -0.25) is 14.5 Å². The molecule has 0 aromatic rings. The van der Waals surface area contributed by atoms with Gasteiger partial charge in [-0.1, -0.05) is 13.8 Å². The van der Waals surface area contributed by atoms with Crippen LogP contribution in [0, 0.1) is 5.92 Å². The molecule has 96 valence electrons. The van der Waals surface area contributed by atoms with E-state index in [-0.39, 0.29) is 24.2 Å². The highest BCUT2D eigenvalue weighted by molar-refractivity contribution is 5.89. The van der Waals surface area contributed by atoms with E-state index in [1.165, 1.54) is 11.8 Å². The largest absolute Gasteiger partial charge is 0.448 e. The predicted octanol–water partition coefficient (Wildman–Crippen LogP) is 0.168. The van der Waals surface area contributed by atoms with Crippen LogP contribution in [0.5, 0.6) is 0 Å². The zero-order valence-electron chi connectivity index (χ0n) is 10.4. The van der Waals surface area contributed by atoms with Gasteiger partial charge < -0.3 is 10.1 Å². The fourth-order valence-electron chi connectivity index (χ4n) is 1.70. The fourth-order valence-corrected chi connectivity index (χ4v) is 1.70. The summed E-state index contributed by atoms with van der Waals surface area (Å²) in [5.74, 6) is -0.392. The van der Waals surface area contributed by atoms with E-state index in [0.29, 0.717) is 13.2 Å². The van der Waals surface area contributed by atoms with E-state index in [1.54, 1.807) is 0 Å². The molecular formula is C11H18N2O4. The van der Waals surface area contributed by atoms with Crippen LogP contribution >= 0.6 is 0 Å². The van der Waals surface area contributed by atoms with Crippen LogP contribution in [0.4, 0.5) is 4.79 Å². The quantitative estimate of drug-likeness (QED) is 0.745. The molecular weight excluding hydrogens is 224 g/mol. The number of amides is 2. The van der Waals surface area contributed by atoms with E-state index in [1.807, 2.05) is 13.8 Å². The highest BCUT2D eigenvalue weighted by Crippen LogP contribution is 2.05. The van der Waals surface area contributed by atoms with E-state index in [0.717, 1.165) is 0 Å². The van der Waals surface area contributed by atoms with Crippen molar-refractivity contribution in [2.45, 2.75) is 26.8 Å². The monoisotopic (exact) mass is 242 g/mol. The van der Waals surface area contributed by atoms with Gasteiger partial charge in [0, 0.05) is 0 Å². The van der Waals surface area contributed by atoms with Gasteiger partial charge in [0.05, 0.1) is 12.6 Å². The summed E-state index contributed by atoms with van der Waals surface area (Å²) in [7, 11) is 0. The second-order valence-electron chi connectivity index (χ2n) is 4.44. The summed E-state index contributed by atoms with van der Waals surface area (Å²) in [6, 6.07) is -0.499. The average molecular weight is 242 g/mol. The summed E-state index contributed by atoms with van der Waals surface area (Å²) in [5, 5.41) is 2.63. The van der Waals surface area contributed by atoms with Crippen LogP contribution in [-0.2, 0) is 14.3 Å². The van der Waals surface area contributed by atoms with Gasteiger partial charge in [-0.05, 0) is 12.8 Å². The third-order valence-corrected chi connectivity index (χ3v) is 2.60. The van der Waals surface area contributed by atoms with Crippen molar-refractivity contribution < 1.29 is 19.1 Å². The molecule has 1 rings (SSSR count). The first-order chi connectivity index (χ1) is 7.91. The number of nitrogens with one attached hydrogen (secondary N) is 1. The number of carbonyl (C=O) groups is 3. The summed E-state index contributed by atoms with van der Waals surface area (Å²) < 4.78 is 4.71. The Kier molecular flexibility index (Phi) is 4.48. The van der Waals surface area contributed by atoms with Crippen LogP contribution in [0.2, 0.25) is 0 Å². The highest BCUT2D eigenvalue weighted by Gasteiger charge is 2.26. The highest BCUT2D eigenvalue weighted by atomic mass is 16.6. The zero-order valence-corrected chi connectivity index (χ0v) is 10.4. The zero-order chi connectivity index (χ0) is 13.0. The van der Waals surface area contributed by atoms with E-state index in [4.69, 9.17) is 4.74 Å². The summed E-state index contributed by atoms with van der Waals surface area (Å²) in [5.41, 5.74) is 0. The topological polar surface area (TPSA) is 75.7 Å². The maximum absolute atomic E-state index is 11.7. The number of Topliss-reactive ketones (excluding diaryl/α,β-unsaturated/α-hetero) is 1. The van der Waals surface area contributed by atoms with Crippen molar-refractivity contribution in [2.75, 3.05) is 19.7 Å². The molecule has 0 aromatic heterocycles. The molecule has 1 aliphatic rings. The van der Waals surface area contributed by atoms with Crippen molar-refractivity contribution in [2.24, 2.45) is 5.92 Å². The van der Waals surface area contributed by atoms with E-state index >= 15 is 0 Å². The van der Waals surface area contributed by atoms with Gasteiger partial charge >= 0.3 is 6.09 Å². The average Bonchev–Trinajstić information content (AvgIpc) is 2.60. The van der Waals surface area contributed by atoms with Crippen molar-refractivity contribution in [1.82, 2.24) is 10.2 Å². The third-order valence-electron chi connectivity index (χ3n) is 2.60. The first kappa shape index (κ1) is 13.5. The summed E-state index contributed by atoms with van der Waals surface area (Å²) in [4.78, 5) is 35.4. The van der Waals surface area contributed by atoms with Crippen molar-refractivity contribution in [1.29, 1.82) is 0 Å². The number of hydrogen-bond acceptors (Lipinski definition) is 4. The molecule has 1 fully saturated rings. The Labute approximate surface area is 100 Å². The Hall–Kier alpha value is -1.59. The Bertz CT molecular complexity index is 327. The van der Waals surface area contributed by atoms with Gasteiger partial charge in [0.25, 0.3) is 0 Å². The summed E-state index contributed by atoms with van der Waals surface area (Å²) >= 11 is 0. The lowest BCUT2D eigenvalue weighted by Gasteiger charge is -2.21. The first-order valence-corrected chi connectivity index (χ1v) is 5.63. The molecule has 1 aliphatic heterocycles. The number of rotatable bonds is 5. The summed E-state index contributed by atoms with van der Waals surface area (Å²) in [6.45, 7) is 5.82. The van der Waals surface area contributed by atoms with E-state index in [2.05, 4.69) is 5.32 Å². The SMILES string of the molecule is CC(=O)C(NC(=O)CN1CCOC1=O)C(C)C. The number of ketones is 1. The van der Waals surface area contributed by atoms with Gasteiger partial charge in [0.2, 0.25) is 5.91 Å². The Morgan fingerprint density at radius 2 is 2.12 bits per heavy atom. The lowest BCUT2D eigenvalue weighted by atomic mass is 10.0. The number of carbonyl (C=O) groups excluding carboxylic acids is 3. The van der Waals surface area contributed by atoms with Gasteiger partial charge in [0.15, 0.2) is 5.78 Å². The maximum atomic E-state index is 11.7. The van der Waals surface area contributed by atoms with Crippen molar-refractivity contribution in [3.8, 4) is 0 Å². The fraction of sp³-hybridized carbons (Fsp3) is 0.727. The molecule has 1 atom stereocenters. The molecule has 6 nitrogen and oxygen atoms in total. The Balaban J connectivity index is 2.47. The molecule has 0 saturated carbocycles. The third kappa shape index (κ3) is 3.72. The van der Waals surface area contributed by atoms with Crippen LogP contribution in [0.3, 0.4) is 0 Å². The standard InChI is InChI=1S/C11H18N2O4/c1-7(2)10(8(3)14)12-9(15)6-13-4-5-17-11(13)16/h7,10H,4-6H2,1-3H3,(H,12,15). The van der Waals surface area contributed by atoms with E-state index in [9.17, 15) is 14.4 Å². The van der Waals surface area contributed by atoms with Gasteiger partial charge in [-0.25, -0.2) is 4.79 Å². The Morgan fingerprint density at radius 1 is 1.47 bits per heavy atom. The van der Waals surface area contributed by atoms with Crippen molar-refractivity contribution in [3.63, 3.8) is 0 Å². The van der Waals surface area contributed by atoms with Crippen LogP contribution < -0.4 is 5.32 Å². The molecule has 0 spiro atoms. The molecule has 0 radical (unpaired) electrons. The lowest BCUT2D eigenvalue weighted by Crippen LogP contribution is -2.47. The van der Waals surface area contributed by atoms with Gasteiger partial charge in [-0.15, -0.1) is 0 Å². The van der Waals surface area contributed by atoms with Crippen molar-refractivity contribution in [3.05, 3.63) is 0 Å². The molecule has 1 heterocycles. The van der Waals surface area contributed by atoms with Crippen LogP contribution in [0.25, 0.3) is 0 Å². The van der Waals surface area contributed by atoms with Crippen LogP contribution in [0.1, 0.15) is 20.8 Å². The molecule has 1 saturated heterocycles. The molecule has 0 aliphatic carbocycles. The van der Waals surface area contributed by atoms with Crippen molar-refractivity contribution >= 4 is 17.8 Å². The van der Waals surface area contributed by atoms with Crippen LogP contribution in [-0.4, -0.2) is 48.4 Å². The first-order valence-electron chi connectivity index (χ1n) is 5.63. The summed E-state index contributed by atoms with van der Waals surface area (Å²) in [6.07, 6.45) is -0.482. The Morgan fingerprint density at radius 3 is 2.53 bits per heavy atom.